The van der Waals surface area contributed by atoms with Crippen LogP contribution < -0.4 is 22.5 Å². The lowest BCUT2D eigenvalue weighted by Gasteiger charge is -2.39. The highest BCUT2D eigenvalue weighted by atomic mass is 31.2. The summed E-state index contributed by atoms with van der Waals surface area (Å²) in [5.41, 5.74) is -1.14. The van der Waals surface area contributed by atoms with E-state index in [0.717, 1.165) is 0 Å². The van der Waals surface area contributed by atoms with Gasteiger partial charge in [-0.3, -0.25) is 28.7 Å². The van der Waals surface area contributed by atoms with Gasteiger partial charge in [0.05, 0.1) is 25.4 Å². The van der Waals surface area contributed by atoms with Gasteiger partial charge in [-0.15, -0.1) is 0 Å². The molecule has 2 aromatic rings. The van der Waals surface area contributed by atoms with E-state index in [1.165, 1.54) is 21.5 Å². The zero-order valence-electron chi connectivity index (χ0n) is 32.6. The van der Waals surface area contributed by atoms with Gasteiger partial charge >= 0.3 is 11.4 Å². The second-order valence-electron chi connectivity index (χ2n) is 16.8. The van der Waals surface area contributed by atoms with Crippen LogP contribution in [0, 0.1) is 13.8 Å². The Balaban J connectivity index is 1.55. The normalized spacial score (nSPS) is 25.4. The van der Waals surface area contributed by atoms with Crippen molar-refractivity contribution in [1.29, 1.82) is 0 Å². The third-order valence-corrected chi connectivity index (χ3v) is 21.3. The maximum absolute atomic E-state index is 12.8. The molecule has 1 unspecified atom stereocenters. The largest absolute Gasteiger partial charge is 0.414 e. The minimum Gasteiger partial charge on any atom is -0.414 e. The molecular weight excluding hydrogens is 712 g/mol. The van der Waals surface area contributed by atoms with E-state index in [1.54, 1.807) is 13.8 Å². The van der Waals surface area contributed by atoms with Crippen molar-refractivity contribution in [1.82, 2.24) is 19.1 Å². The molecule has 51 heavy (non-hydrogen) atoms. The first kappa shape index (κ1) is 41.7. The molecule has 0 saturated carbocycles. The van der Waals surface area contributed by atoms with E-state index in [4.69, 9.17) is 27.4 Å². The molecule has 4 heterocycles. The zero-order chi connectivity index (χ0) is 38.3. The van der Waals surface area contributed by atoms with Gasteiger partial charge in [-0.05, 0) is 50.1 Å². The lowest BCUT2D eigenvalue weighted by molar-refractivity contribution is -0.0469. The van der Waals surface area contributed by atoms with Gasteiger partial charge in [-0.1, -0.05) is 48.5 Å². The monoisotopic (exact) mass is 770 g/mol. The highest BCUT2D eigenvalue weighted by Crippen LogP contribution is 2.47. The van der Waals surface area contributed by atoms with Gasteiger partial charge in [0.25, 0.3) is 11.1 Å². The summed E-state index contributed by atoms with van der Waals surface area (Å²) >= 11 is 0. The summed E-state index contributed by atoms with van der Waals surface area (Å²) in [6, 6.07) is 0. The molecule has 0 aromatic carbocycles. The fourth-order valence-corrected chi connectivity index (χ4v) is 9.05. The van der Waals surface area contributed by atoms with Crippen LogP contribution in [0.4, 0.5) is 0 Å². The van der Waals surface area contributed by atoms with Crippen molar-refractivity contribution in [2.75, 3.05) is 19.4 Å². The molecule has 7 atom stereocenters. The van der Waals surface area contributed by atoms with E-state index >= 15 is 0 Å². The van der Waals surface area contributed by atoms with Crippen LogP contribution >= 0.6 is 8.38 Å². The average Bonchev–Trinajstić information content (AvgIpc) is 3.59. The summed E-state index contributed by atoms with van der Waals surface area (Å²) < 4.78 is 42.3. The van der Waals surface area contributed by atoms with Gasteiger partial charge < -0.3 is 27.4 Å². The number of rotatable bonds is 13. The fraction of sp³-hybridized carbons (Fsp3) is 0.765. The number of ether oxygens (including phenoxy) is 2. The Morgan fingerprint density at radius 1 is 0.765 bits per heavy atom. The third-order valence-electron chi connectivity index (χ3n) is 10.8. The molecule has 0 aliphatic carbocycles. The topological polar surface area (TPSA) is 165 Å². The zero-order valence-corrected chi connectivity index (χ0v) is 35.5. The number of nitrogens with zero attached hydrogens (tertiary/aromatic N) is 2. The molecule has 0 radical (unpaired) electrons. The second kappa shape index (κ2) is 15.8. The Hall–Kier alpha value is -2.02. The quantitative estimate of drug-likeness (QED) is 0.198. The van der Waals surface area contributed by atoms with Crippen molar-refractivity contribution in [2.45, 2.75) is 148 Å². The summed E-state index contributed by atoms with van der Waals surface area (Å²) in [7, 11) is -5.85. The van der Waals surface area contributed by atoms with E-state index in [1.807, 2.05) is 6.92 Å². The van der Waals surface area contributed by atoms with Crippen LogP contribution in [-0.2, 0) is 27.4 Å². The maximum atomic E-state index is 12.8. The standard InChI is InChI=1S/C34H59N4O10PSi2/c1-14-49(43-19-25-24(48-51(12,13)34(7,8)9)16-28(45-25)38-18-22(3)30(40)36-32(38)42)47-23-15-27(37-17-21(2)29(39)35-31(37)41)46-26(23)20-44-50(10,11)33(4,5)6/h17-18,23-28H,14-16,19-20H2,1-13H3,(H,35,39,41)(H,36,40,42)/t23-,24-,25+,26+,27+,28+,49?/m0/s1. The van der Waals surface area contributed by atoms with Gasteiger partial charge in [0, 0.05) is 42.5 Å². The number of aryl methyl sites for hydroxylation is 2. The van der Waals surface area contributed by atoms with E-state index in [9.17, 15) is 19.2 Å². The maximum Gasteiger partial charge on any atom is 0.330 e. The van der Waals surface area contributed by atoms with Crippen LogP contribution in [-0.4, -0.2) is 79.5 Å². The fourth-order valence-electron chi connectivity index (χ4n) is 5.44. The average molecular weight is 771 g/mol. The van der Waals surface area contributed by atoms with E-state index in [2.05, 4.69) is 77.7 Å². The number of H-pyrrole nitrogens is 2. The molecule has 14 nitrogen and oxygen atoms in total. The molecule has 2 aliphatic heterocycles. The number of nitrogens with one attached hydrogen (secondary N) is 2. The molecule has 2 saturated heterocycles. The van der Waals surface area contributed by atoms with Gasteiger partial charge in [0.15, 0.2) is 25.0 Å². The Bertz CT molecular complexity index is 1760. The number of aromatic amines is 2. The molecule has 17 heteroatoms. The molecule has 0 bridgehead atoms. The van der Waals surface area contributed by atoms with Gasteiger partial charge in [-0.25, -0.2) is 9.59 Å². The summed E-state index contributed by atoms with van der Waals surface area (Å²) in [4.78, 5) is 54.6. The van der Waals surface area contributed by atoms with Crippen molar-refractivity contribution in [3.05, 3.63) is 65.2 Å². The molecule has 2 fully saturated rings. The lowest BCUT2D eigenvalue weighted by Crippen LogP contribution is -2.46. The van der Waals surface area contributed by atoms with Gasteiger partial charge in [0.1, 0.15) is 24.7 Å². The van der Waals surface area contributed by atoms with Crippen molar-refractivity contribution in [3.63, 3.8) is 0 Å². The van der Waals surface area contributed by atoms with Crippen LogP contribution in [0.25, 0.3) is 0 Å². The first-order valence-electron chi connectivity index (χ1n) is 17.8. The van der Waals surface area contributed by atoms with Crippen LogP contribution in [0.2, 0.25) is 36.3 Å². The molecule has 2 aliphatic rings. The van der Waals surface area contributed by atoms with Crippen LogP contribution in [0.1, 0.15) is 84.9 Å². The molecule has 0 amide bonds. The summed E-state index contributed by atoms with van der Waals surface area (Å²) in [6.45, 7) is 27.4. The first-order valence-corrected chi connectivity index (χ1v) is 25.0. The highest BCUT2D eigenvalue weighted by Gasteiger charge is 2.47. The van der Waals surface area contributed by atoms with Crippen LogP contribution in [0.15, 0.2) is 31.6 Å². The molecule has 2 N–H and O–H groups in total. The Morgan fingerprint density at radius 2 is 1.22 bits per heavy atom. The second-order valence-corrected chi connectivity index (χ2v) is 28.1. The van der Waals surface area contributed by atoms with E-state index < -0.39 is 78.3 Å². The predicted molar refractivity (Wildman–Crippen MR) is 203 cm³/mol. The van der Waals surface area contributed by atoms with Gasteiger partial charge in [-0.2, -0.15) is 0 Å². The number of aromatic nitrogens is 4. The summed E-state index contributed by atoms with van der Waals surface area (Å²) in [6.07, 6.45) is 1.27. The number of hydrogen-bond acceptors (Lipinski definition) is 10. The molecule has 288 valence electrons. The van der Waals surface area contributed by atoms with Crippen molar-refractivity contribution >= 4 is 25.0 Å². The predicted octanol–water partition coefficient (Wildman–Crippen LogP) is 5.42. The Morgan fingerprint density at radius 3 is 1.67 bits per heavy atom. The van der Waals surface area contributed by atoms with Crippen molar-refractivity contribution < 1.29 is 27.4 Å². The van der Waals surface area contributed by atoms with Crippen LogP contribution in [0.3, 0.4) is 0 Å². The molecule has 2 aromatic heterocycles. The minimum atomic E-state index is -2.25. The minimum absolute atomic E-state index is 0.0193. The van der Waals surface area contributed by atoms with Gasteiger partial charge in [0.2, 0.25) is 0 Å². The molecule has 0 spiro atoms. The molecule has 4 rings (SSSR count). The SMILES string of the molecule is CCP(OC[C@H]1O[C@@H](n2cc(C)c(=O)[nH]c2=O)C[C@@H]1O[Si](C)(C)C(C)(C)C)O[C@H]1C[C@H](n2cc(C)c(=O)[nH]c2=O)O[C@@H]1CO[Si](C)(C)C(C)(C)C. The smallest absolute Gasteiger partial charge is 0.330 e. The van der Waals surface area contributed by atoms with E-state index in [0.29, 0.717) is 30.1 Å². The Labute approximate surface area is 303 Å². The van der Waals surface area contributed by atoms with Crippen molar-refractivity contribution in [2.24, 2.45) is 0 Å². The molecular formula is C34H59N4O10PSi2. The third kappa shape index (κ3) is 9.76. The highest BCUT2D eigenvalue weighted by molar-refractivity contribution is 7.47. The Kier molecular flexibility index (Phi) is 12.9. The summed E-state index contributed by atoms with van der Waals surface area (Å²) in [5, 5.41) is -0.0810. The van der Waals surface area contributed by atoms with Crippen molar-refractivity contribution in [3.8, 4) is 0 Å². The van der Waals surface area contributed by atoms with E-state index in [-0.39, 0.29) is 29.4 Å². The number of hydrogen-bond donors (Lipinski definition) is 2. The first-order chi connectivity index (χ1) is 23.4. The van der Waals surface area contributed by atoms with Crippen LogP contribution in [0.5, 0.6) is 0 Å². The lowest BCUT2D eigenvalue weighted by atomic mass is 10.2. The summed E-state index contributed by atoms with van der Waals surface area (Å²) in [5.74, 6) is 0.